The maximum absolute atomic E-state index is 12.8. The molecule has 4 aliphatic carbocycles. The number of carbonyl (C=O) groups excluding carboxylic acids is 1. The standard InChI is InChI=1S/C18H27N3O2/c1-11(2)16-21-20-15(23-16)3-4-19-17(22)18-8-12-5-13(9-18)7-14(6-12)10-18/h11-14H,3-10H2,1-2H3,(H,19,22). The van der Waals surface area contributed by atoms with Crippen LogP contribution < -0.4 is 5.32 Å². The van der Waals surface area contributed by atoms with E-state index in [4.69, 9.17) is 4.42 Å². The molecule has 0 spiro atoms. The number of carbonyl (C=O) groups is 1. The first kappa shape index (κ1) is 15.2. The van der Waals surface area contributed by atoms with Gasteiger partial charge in [-0.1, -0.05) is 13.8 Å². The van der Waals surface area contributed by atoms with Crippen molar-refractivity contribution in [3.8, 4) is 0 Å². The third kappa shape index (κ3) is 2.79. The molecule has 4 fully saturated rings. The number of hydrogen-bond acceptors (Lipinski definition) is 4. The van der Waals surface area contributed by atoms with Gasteiger partial charge in [0.1, 0.15) is 0 Å². The summed E-state index contributed by atoms with van der Waals surface area (Å²) < 4.78 is 5.60. The summed E-state index contributed by atoms with van der Waals surface area (Å²) >= 11 is 0. The van der Waals surface area contributed by atoms with Crippen LogP contribution in [0.25, 0.3) is 0 Å². The molecule has 1 heterocycles. The highest BCUT2D eigenvalue weighted by Gasteiger charge is 2.54. The first-order valence-corrected chi connectivity index (χ1v) is 9.14. The zero-order valence-corrected chi connectivity index (χ0v) is 14.2. The lowest BCUT2D eigenvalue weighted by Crippen LogP contribution is -2.53. The Morgan fingerprint density at radius 1 is 1.17 bits per heavy atom. The predicted molar refractivity (Wildman–Crippen MR) is 85.7 cm³/mol. The fourth-order valence-electron chi connectivity index (χ4n) is 5.46. The Hall–Kier alpha value is -1.39. The van der Waals surface area contributed by atoms with Crippen LogP contribution in [0.3, 0.4) is 0 Å². The minimum atomic E-state index is -0.0628. The Morgan fingerprint density at radius 2 is 1.78 bits per heavy atom. The molecule has 4 saturated carbocycles. The van der Waals surface area contributed by atoms with E-state index in [1.165, 1.54) is 19.3 Å². The van der Waals surface area contributed by atoms with Gasteiger partial charge in [0.2, 0.25) is 17.7 Å². The predicted octanol–water partition coefficient (Wildman–Crippen LogP) is 3.07. The van der Waals surface area contributed by atoms with Crippen LogP contribution in [-0.4, -0.2) is 22.6 Å². The summed E-state index contributed by atoms with van der Waals surface area (Å²) in [4.78, 5) is 12.8. The number of nitrogens with zero attached hydrogens (tertiary/aromatic N) is 2. The Kier molecular flexibility index (Phi) is 3.69. The molecule has 0 aromatic carbocycles. The Labute approximate surface area is 137 Å². The number of aromatic nitrogens is 2. The quantitative estimate of drug-likeness (QED) is 0.906. The second-order valence-electron chi connectivity index (χ2n) is 8.39. The molecule has 23 heavy (non-hydrogen) atoms. The van der Waals surface area contributed by atoms with Crippen molar-refractivity contribution in [2.75, 3.05) is 6.54 Å². The molecule has 0 unspecified atom stereocenters. The van der Waals surface area contributed by atoms with E-state index in [2.05, 4.69) is 15.5 Å². The molecule has 5 nitrogen and oxygen atoms in total. The van der Waals surface area contributed by atoms with Gasteiger partial charge in [0.25, 0.3) is 0 Å². The van der Waals surface area contributed by atoms with Crippen LogP contribution in [0.2, 0.25) is 0 Å². The van der Waals surface area contributed by atoms with Gasteiger partial charge in [0, 0.05) is 24.3 Å². The number of rotatable bonds is 5. The van der Waals surface area contributed by atoms with Gasteiger partial charge in [0.05, 0.1) is 0 Å². The molecule has 0 saturated heterocycles. The molecule has 1 amide bonds. The lowest BCUT2D eigenvalue weighted by molar-refractivity contribution is -0.146. The minimum Gasteiger partial charge on any atom is -0.425 e. The van der Waals surface area contributed by atoms with E-state index in [9.17, 15) is 4.79 Å². The summed E-state index contributed by atoms with van der Waals surface area (Å²) in [6.07, 6.45) is 8.07. The van der Waals surface area contributed by atoms with Gasteiger partial charge in [-0.15, -0.1) is 10.2 Å². The zero-order valence-electron chi connectivity index (χ0n) is 14.2. The second-order valence-corrected chi connectivity index (χ2v) is 8.39. The number of nitrogens with one attached hydrogen (secondary N) is 1. The normalized spacial score (nSPS) is 35.0. The van der Waals surface area contributed by atoms with Gasteiger partial charge in [-0.3, -0.25) is 4.79 Å². The number of amides is 1. The maximum atomic E-state index is 12.8. The molecule has 5 heteroatoms. The highest BCUT2D eigenvalue weighted by Crippen LogP contribution is 2.60. The lowest BCUT2D eigenvalue weighted by atomic mass is 9.49. The molecule has 4 bridgehead atoms. The van der Waals surface area contributed by atoms with Crippen molar-refractivity contribution < 1.29 is 9.21 Å². The van der Waals surface area contributed by atoms with Gasteiger partial charge in [-0.2, -0.15) is 0 Å². The van der Waals surface area contributed by atoms with Crippen LogP contribution in [0.5, 0.6) is 0 Å². The van der Waals surface area contributed by atoms with Crippen LogP contribution in [-0.2, 0) is 11.2 Å². The van der Waals surface area contributed by atoms with Gasteiger partial charge < -0.3 is 9.73 Å². The summed E-state index contributed by atoms with van der Waals surface area (Å²) in [6, 6.07) is 0. The monoisotopic (exact) mass is 317 g/mol. The van der Waals surface area contributed by atoms with E-state index in [-0.39, 0.29) is 17.2 Å². The average Bonchev–Trinajstić information content (AvgIpc) is 2.95. The van der Waals surface area contributed by atoms with Crippen LogP contribution in [0.4, 0.5) is 0 Å². The maximum Gasteiger partial charge on any atom is 0.226 e. The molecular formula is C18H27N3O2. The molecule has 0 atom stereocenters. The summed E-state index contributed by atoms with van der Waals surface area (Å²) in [7, 11) is 0. The van der Waals surface area contributed by atoms with Crippen molar-refractivity contribution in [1.82, 2.24) is 15.5 Å². The van der Waals surface area contributed by atoms with Crippen LogP contribution in [0, 0.1) is 23.2 Å². The average molecular weight is 317 g/mol. The summed E-state index contributed by atoms with van der Waals surface area (Å²) in [6.45, 7) is 4.67. The minimum absolute atomic E-state index is 0.0628. The fourth-order valence-corrected chi connectivity index (χ4v) is 5.46. The highest BCUT2D eigenvalue weighted by atomic mass is 16.4. The fraction of sp³-hybridized carbons (Fsp3) is 0.833. The molecule has 4 aliphatic rings. The van der Waals surface area contributed by atoms with Crippen molar-refractivity contribution >= 4 is 5.91 Å². The lowest BCUT2D eigenvalue weighted by Gasteiger charge is -2.55. The topological polar surface area (TPSA) is 68.0 Å². The molecule has 5 rings (SSSR count). The molecule has 0 aliphatic heterocycles. The SMILES string of the molecule is CC(C)c1nnc(CCNC(=O)C23CC4CC(CC(C4)C2)C3)o1. The molecular weight excluding hydrogens is 290 g/mol. The molecule has 1 N–H and O–H groups in total. The third-order valence-corrected chi connectivity index (χ3v) is 6.12. The smallest absolute Gasteiger partial charge is 0.226 e. The van der Waals surface area contributed by atoms with Crippen molar-refractivity contribution in [2.24, 2.45) is 23.2 Å². The van der Waals surface area contributed by atoms with Crippen molar-refractivity contribution in [1.29, 1.82) is 0 Å². The van der Waals surface area contributed by atoms with Crippen molar-refractivity contribution in [3.05, 3.63) is 11.8 Å². The van der Waals surface area contributed by atoms with E-state index in [0.717, 1.165) is 37.0 Å². The van der Waals surface area contributed by atoms with Crippen LogP contribution in [0.15, 0.2) is 4.42 Å². The Morgan fingerprint density at radius 3 is 2.30 bits per heavy atom. The third-order valence-electron chi connectivity index (χ3n) is 6.12. The van der Waals surface area contributed by atoms with E-state index in [1.54, 1.807) is 0 Å². The van der Waals surface area contributed by atoms with Crippen molar-refractivity contribution in [2.45, 2.75) is 64.7 Å². The first-order chi connectivity index (χ1) is 11.0. The van der Waals surface area contributed by atoms with Crippen LogP contribution >= 0.6 is 0 Å². The van der Waals surface area contributed by atoms with Gasteiger partial charge >= 0.3 is 0 Å². The molecule has 126 valence electrons. The van der Waals surface area contributed by atoms with E-state index in [0.29, 0.717) is 24.7 Å². The van der Waals surface area contributed by atoms with E-state index < -0.39 is 0 Å². The summed E-state index contributed by atoms with van der Waals surface area (Å²) in [5.41, 5.74) is -0.0628. The summed E-state index contributed by atoms with van der Waals surface area (Å²) in [5, 5.41) is 11.3. The Balaban J connectivity index is 1.33. The molecule has 1 aromatic heterocycles. The Bertz CT molecular complexity index is 558. The second kappa shape index (κ2) is 5.60. The molecule has 1 aromatic rings. The van der Waals surface area contributed by atoms with Gasteiger partial charge in [-0.25, -0.2) is 0 Å². The first-order valence-electron chi connectivity index (χ1n) is 9.14. The largest absolute Gasteiger partial charge is 0.425 e. The van der Waals surface area contributed by atoms with E-state index in [1.807, 2.05) is 13.8 Å². The number of hydrogen-bond donors (Lipinski definition) is 1. The summed E-state index contributed by atoms with van der Waals surface area (Å²) in [5.74, 6) is 4.23. The van der Waals surface area contributed by atoms with Gasteiger partial charge in [-0.05, 0) is 56.3 Å². The highest BCUT2D eigenvalue weighted by molar-refractivity contribution is 5.83. The van der Waals surface area contributed by atoms with E-state index >= 15 is 0 Å². The van der Waals surface area contributed by atoms with Crippen LogP contribution in [0.1, 0.15) is 70.1 Å². The zero-order chi connectivity index (χ0) is 16.0. The van der Waals surface area contributed by atoms with Gasteiger partial charge in [0.15, 0.2) is 0 Å². The molecule has 0 radical (unpaired) electrons. The van der Waals surface area contributed by atoms with Crippen molar-refractivity contribution in [3.63, 3.8) is 0 Å².